The maximum absolute atomic E-state index is 5.91. The molecule has 0 radical (unpaired) electrons. The summed E-state index contributed by atoms with van der Waals surface area (Å²) in [6.07, 6.45) is 0. The molecular formula is C17H16Li2O. The van der Waals surface area contributed by atoms with Crippen molar-refractivity contribution in [2.45, 2.75) is 33.1 Å². The van der Waals surface area contributed by atoms with Crippen LogP contribution in [0.2, 0.25) is 0 Å². The molecular weight excluding hydrogens is 234 g/mol. The van der Waals surface area contributed by atoms with Gasteiger partial charge < -0.3 is 4.74 Å². The van der Waals surface area contributed by atoms with Crippen LogP contribution in [-0.2, 0) is 5.41 Å². The molecule has 2 aromatic carbocycles. The molecule has 0 fully saturated rings. The minimum absolute atomic E-state index is 0. The monoisotopic (exact) mass is 250 g/mol. The molecule has 0 aliphatic carbocycles. The van der Waals surface area contributed by atoms with Crippen molar-refractivity contribution in [2.75, 3.05) is 0 Å². The summed E-state index contributed by atoms with van der Waals surface area (Å²) < 4.78 is 5.91. The number of ether oxygens (including phenoxy) is 1. The van der Waals surface area contributed by atoms with E-state index in [0.29, 0.717) is 0 Å². The number of hydrogen-bond donors (Lipinski definition) is 0. The van der Waals surface area contributed by atoms with E-state index in [1.54, 1.807) is 0 Å². The molecule has 2 aromatic rings. The van der Waals surface area contributed by atoms with Crippen LogP contribution in [0, 0.1) is 26.0 Å². The molecule has 0 bridgehead atoms. The second-order valence-electron chi connectivity index (χ2n) is 5.57. The zero-order valence-electron chi connectivity index (χ0n) is 13.2. The van der Waals surface area contributed by atoms with Crippen molar-refractivity contribution in [2.24, 2.45) is 0 Å². The molecule has 20 heavy (non-hydrogen) atoms. The Balaban J connectivity index is 0.000001000. The number of fused-ring (bicyclic) bond motifs is 2. The maximum Gasteiger partial charge on any atom is 1.00 e. The van der Waals surface area contributed by atoms with Gasteiger partial charge in [0.25, 0.3) is 0 Å². The van der Waals surface area contributed by atoms with Crippen LogP contribution in [0.3, 0.4) is 0 Å². The van der Waals surface area contributed by atoms with Crippen molar-refractivity contribution in [1.82, 2.24) is 0 Å². The van der Waals surface area contributed by atoms with E-state index in [0.717, 1.165) is 11.5 Å². The quantitative estimate of drug-likeness (QED) is 0.402. The molecule has 1 heterocycles. The molecule has 0 N–H and O–H groups in total. The Morgan fingerprint density at radius 1 is 0.850 bits per heavy atom. The van der Waals surface area contributed by atoms with E-state index in [1.165, 1.54) is 22.3 Å². The van der Waals surface area contributed by atoms with E-state index in [9.17, 15) is 0 Å². The van der Waals surface area contributed by atoms with Gasteiger partial charge in [-0.2, -0.15) is 35.4 Å². The molecule has 0 saturated heterocycles. The van der Waals surface area contributed by atoms with Gasteiger partial charge in [-0.1, -0.05) is 33.1 Å². The van der Waals surface area contributed by atoms with Gasteiger partial charge in [0.2, 0.25) is 0 Å². The Bertz CT molecular complexity index is 579. The summed E-state index contributed by atoms with van der Waals surface area (Å²) in [6, 6.07) is 14.8. The normalized spacial score (nSPS) is 14.0. The average molecular weight is 250 g/mol. The van der Waals surface area contributed by atoms with Gasteiger partial charge in [-0.15, -0.1) is 23.3 Å². The van der Waals surface area contributed by atoms with Crippen LogP contribution in [-0.4, -0.2) is 0 Å². The largest absolute Gasteiger partial charge is 1.00 e. The Morgan fingerprint density at radius 2 is 1.25 bits per heavy atom. The zero-order valence-corrected chi connectivity index (χ0v) is 13.2. The van der Waals surface area contributed by atoms with E-state index in [2.05, 4.69) is 52.0 Å². The first-order valence-corrected chi connectivity index (χ1v) is 6.22. The Kier molecular flexibility index (Phi) is 5.29. The maximum atomic E-state index is 5.91. The number of aryl methyl sites for hydroxylation is 2. The second kappa shape index (κ2) is 6.05. The molecule has 1 aliphatic rings. The summed E-state index contributed by atoms with van der Waals surface area (Å²) in [6.45, 7) is 8.64. The molecule has 3 rings (SSSR count). The molecule has 3 heteroatoms. The predicted octanol–water partition coefficient (Wildman–Crippen LogP) is -1.66. The third-order valence-electron chi connectivity index (χ3n) is 3.65. The summed E-state index contributed by atoms with van der Waals surface area (Å²) in [5.41, 5.74) is 4.77. The van der Waals surface area contributed by atoms with Crippen molar-refractivity contribution in [3.8, 4) is 11.5 Å². The average Bonchev–Trinajstić information content (AvgIpc) is 2.32. The Labute approximate surface area is 145 Å². The standard InChI is InChI=1S/C17H16O.2Li/c1-11-5-7-15-13(9-11)17(3,4)14-10-12(2)6-8-16(14)18-15;;/h5-6,9-10H,1-4H3;;/q-2;2*+1. The van der Waals surface area contributed by atoms with Crippen molar-refractivity contribution in [3.05, 3.63) is 58.7 Å². The first-order valence-electron chi connectivity index (χ1n) is 6.22. The summed E-state index contributed by atoms with van der Waals surface area (Å²) in [4.78, 5) is 0. The number of hydrogen-bond acceptors (Lipinski definition) is 1. The van der Waals surface area contributed by atoms with Gasteiger partial charge in [-0.05, 0) is 0 Å². The van der Waals surface area contributed by atoms with Gasteiger partial charge in [0.15, 0.2) is 0 Å². The SMILES string of the molecule is Cc1c[c-]c2c(c1)C(C)(C)c1cc(C)c[c-]c1O2.[Li+].[Li+]. The van der Waals surface area contributed by atoms with Crippen molar-refractivity contribution in [1.29, 1.82) is 0 Å². The van der Waals surface area contributed by atoms with Crippen LogP contribution in [0.15, 0.2) is 24.3 Å². The topological polar surface area (TPSA) is 9.23 Å². The first-order chi connectivity index (χ1) is 8.48. The summed E-state index contributed by atoms with van der Waals surface area (Å²) in [7, 11) is 0. The summed E-state index contributed by atoms with van der Waals surface area (Å²) in [5, 5.41) is 0. The van der Waals surface area contributed by atoms with Crippen LogP contribution in [0.1, 0.15) is 36.1 Å². The van der Waals surface area contributed by atoms with Gasteiger partial charge in [0.05, 0.1) is 0 Å². The minimum Gasteiger partial charge on any atom is -0.509 e. The van der Waals surface area contributed by atoms with Crippen LogP contribution >= 0.6 is 0 Å². The zero-order chi connectivity index (χ0) is 12.9. The minimum atomic E-state index is -0.0616. The third-order valence-corrected chi connectivity index (χ3v) is 3.65. The summed E-state index contributed by atoms with van der Waals surface area (Å²) in [5.74, 6) is 1.66. The molecule has 0 saturated carbocycles. The van der Waals surface area contributed by atoms with E-state index >= 15 is 0 Å². The second-order valence-corrected chi connectivity index (χ2v) is 5.57. The van der Waals surface area contributed by atoms with Crippen LogP contribution in [0.4, 0.5) is 0 Å². The number of benzene rings is 2. The number of rotatable bonds is 0. The fourth-order valence-electron chi connectivity index (χ4n) is 2.53. The predicted molar refractivity (Wildman–Crippen MR) is 72.2 cm³/mol. The summed E-state index contributed by atoms with van der Waals surface area (Å²) >= 11 is 0. The molecule has 0 aromatic heterocycles. The van der Waals surface area contributed by atoms with Gasteiger partial charge in [-0.25, -0.2) is 0 Å². The van der Waals surface area contributed by atoms with Crippen molar-refractivity contribution in [3.63, 3.8) is 0 Å². The first kappa shape index (κ1) is 17.5. The molecule has 92 valence electrons. The van der Waals surface area contributed by atoms with E-state index in [1.807, 2.05) is 12.1 Å². The van der Waals surface area contributed by atoms with Gasteiger partial charge in [-0.3, -0.25) is 0 Å². The van der Waals surface area contributed by atoms with Gasteiger partial charge in [0, 0.05) is 11.5 Å². The fraction of sp³-hybridized carbons (Fsp3) is 0.294. The van der Waals surface area contributed by atoms with Crippen LogP contribution < -0.4 is 42.5 Å². The van der Waals surface area contributed by atoms with Gasteiger partial charge >= 0.3 is 37.7 Å². The van der Waals surface area contributed by atoms with Crippen molar-refractivity contribution < 1.29 is 42.5 Å². The van der Waals surface area contributed by atoms with E-state index < -0.39 is 0 Å². The molecule has 0 spiro atoms. The molecule has 1 nitrogen and oxygen atoms in total. The fourth-order valence-corrected chi connectivity index (χ4v) is 2.53. The molecule has 0 unspecified atom stereocenters. The van der Waals surface area contributed by atoms with E-state index in [4.69, 9.17) is 4.74 Å². The van der Waals surface area contributed by atoms with E-state index in [-0.39, 0.29) is 43.1 Å². The Morgan fingerprint density at radius 3 is 1.65 bits per heavy atom. The smallest absolute Gasteiger partial charge is 0.509 e. The molecule has 0 atom stereocenters. The van der Waals surface area contributed by atoms with Gasteiger partial charge in [0.1, 0.15) is 0 Å². The Hall–Kier alpha value is -0.565. The molecule has 1 aliphatic heterocycles. The molecule has 0 amide bonds. The van der Waals surface area contributed by atoms with Crippen LogP contribution in [0.5, 0.6) is 11.5 Å². The third kappa shape index (κ3) is 2.74. The van der Waals surface area contributed by atoms with Crippen LogP contribution in [0.25, 0.3) is 0 Å². The van der Waals surface area contributed by atoms with Crippen molar-refractivity contribution >= 4 is 0 Å².